The third-order valence-electron chi connectivity index (χ3n) is 5.12. The molecule has 6 bridgehead atoms. The number of Topliss-reactive ketones (excluding diaryl/α,β-unsaturated/α-hetero) is 1. The van der Waals surface area contributed by atoms with Crippen molar-refractivity contribution in [1.29, 1.82) is 0 Å². The van der Waals surface area contributed by atoms with Crippen LogP contribution in [0.1, 0.15) is 20.3 Å². The van der Waals surface area contributed by atoms with Crippen molar-refractivity contribution in [3.63, 3.8) is 0 Å². The van der Waals surface area contributed by atoms with Gasteiger partial charge in [0.2, 0.25) is 0 Å². The summed E-state index contributed by atoms with van der Waals surface area (Å²) in [6.45, 7) is 4.46. The van der Waals surface area contributed by atoms with Crippen molar-refractivity contribution in [2.24, 2.45) is 35.5 Å². The highest BCUT2D eigenvalue weighted by Crippen LogP contribution is 2.78. The minimum atomic E-state index is 0.499. The Morgan fingerprint density at radius 1 is 1.23 bits per heavy atom. The van der Waals surface area contributed by atoms with Gasteiger partial charge in [-0.05, 0) is 43.9 Å². The zero-order valence-corrected chi connectivity index (χ0v) is 8.08. The molecule has 0 heterocycles. The Morgan fingerprint density at radius 2 is 2.00 bits per heavy atom. The van der Waals surface area contributed by atoms with Crippen LogP contribution >= 0.6 is 0 Å². The van der Waals surface area contributed by atoms with Crippen LogP contribution < -0.4 is 0 Å². The number of carbonyl (C=O) groups excluding carboxylic acids is 1. The molecule has 1 unspecified atom stereocenters. The van der Waals surface area contributed by atoms with Crippen molar-refractivity contribution in [3.05, 3.63) is 11.1 Å². The fraction of sp³-hybridized carbons (Fsp3) is 0.750. The lowest BCUT2D eigenvalue weighted by molar-refractivity contribution is -0.136. The Morgan fingerprint density at radius 3 is 2.54 bits per heavy atom. The lowest BCUT2D eigenvalue weighted by Gasteiger charge is -2.31. The van der Waals surface area contributed by atoms with Crippen LogP contribution in [0.15, 0.2) is 11.1 Å². The van der Waals surface area contributed by atoms with E-state index < -0.39 is 0 Å². The molecular weight excluding hydrogens is 160 g/mol. The summed E-state index contributed by atoms with van der Waals surface area (Å²) in [4.78, 5) is 11.7. The van der Waals surface area contributed by atoms with Crippen molar-refractivity contribution in [3.8, 4) is 0 Å². The van der Waals surface area contributed by atoms with Crippen molar-refractivity contribution < 1.29 is 4.79 Å². The first kappa shape index (κ1) is 6.80. The molecule has 0 saturated heterocycles. The molecule has 5 rings (SSSR count). The number of hydrogen-bond donors (Lipinski definition) is 0. The Kier molecular flexibility index (Phi) is 0.861. The quantitative estimate of drug-likeness (QED) is 0.513. The minimum Gasteiger partial charge on any atom is -0.299 e. The smallest absolute Gasteiger partial charge is 0.140 e. The van der Waals surface area contributed by atoms with Crippen LogP contribution in [0, 0.1) is 35.5 Å². The summed E-state index contributed by atoms with van der Waals surface area (Å²) in [5.74, 6) is 4.82. The molecule has 5 fully saturated rings. The monoisotopic (exact) mass is 174 g/mol. The van der Waals surface area contributed by atoms with E-state index in [1.165, 1.54) is 12.0 Å². The predicted molar refractivity (Wildman–Crippen MR) is 48.9 cm³/mol. The minimum absolute atomic E-state index is 0.499. The fourth-order valence-corrected chi connectivity index (χ4v) is 5.06. The third kappa shape index (κ3) is 0.449. The van der Waals surface area contributed by atoms with E-state index in [0.717, 1.165) is 23.7 Å². The Bertz CT molecular complexity index is 359. The van der Waals surface area contributed by atoms with Gasteiger partial charge in [0.15, 0.2) is 0 Å². The highest BCUT2D eigenvalue weighted by molar-refractivity contribution is 5.96. The van der Waals surface area contributed by atoms with Gasteiger partial charge < -0.3 is 0 Å². The summed E-state index contributed by atoms with van der Waals surface area (Å²) in [5.41, 5.74) is 3.21. The third-order valence-corrected chi connectivity index (χ3v) is 5.12. The Balaban J connectivity index is 1.95. The van der Waals surface area contributed by atoms with E-state index in [4.69, 9.17) is 0 Å². The molecule has 0 aromatic heterocycles. The molecule has 0 amide bonds. The number of ketones is 1. The maximum atomic E-state index is 11.7. The van der Waals surface area contributed by atoms with Gasteiger partial charge in [0.1, 0.15) is 5.78 Å². The molecule has 1 heteroatoms. The first-order valence-electron chi connectivity index (χ1n) is 5.43. The van der Waals surface area contributed by atoms with E-state index >= 15 is 0 Å². The van der Waals surface area contributed by atoms with E-state index in [1.807, 2.05) is 0 Å². The van der Waals surface area contributed by atoms with E-state index in [-0.39, 0.29) is 0 Å². The summed E-state index contributed by atoms with van der Waals surface area (Å²) in [6, 6.07) is 0. The van der Waals surface area contributed by atoms with Gasteiger partial charge in [0.05, 0.1) is 0 Å². The highest BCUT2D eigenvalue weighted by atomic mass is 16.1. The molecule has 5 aliphatic carbocycles. The number of allylic oxidation sites excluding steroid dienone is 2. The van der Waals surface area contributed by atoms with Gasteiger partial charge in [-0.1, -0.05) is 11.1 Å². The van der Waals surface area contributed by atoms with Crippen LogP contribution in [-0.4, -0.2) is 5.78 Å². The first-order valence-corrected chi connectivity index (χ1v) is 5.43. The van der Waals surface area contributed by atoms with E-state index in [0.29, 0.717) is 17.6 Å². The SMILES string of the molecule is CC(C)=C1[C@@H]2[C@@H]3C[C@H]1C1[C@H]2C(=O)[C@@H]13. The largest absolute Gasteiger partial charge is 0.299 e. The molecule has 0 N–H and O–H groups in total. The highest BCUT2D eigenvalue weighted by Gasteiger charge is 2.78. The molecule has 13 heavy (non-hydrogen) atoms. The van der Waals surface area contributed by atoms with E-state index in [9.17, 15) is 4.79 Å². The van der Waals surface area contributed by atoms with Crippen molar-refractivity contribution in [1.82, 2.24) is 0 Å². The van der Waals surface area contributed by atoms with Crippen LogP contribution in [0.4, 0.5) is 0 Å². The zero-order chi connectivity index (χ0) is 8.90. The van der Waals surface area contributed by atoms with Crippen LogP contribution in [0.2, 0.25) is 0 Å². The molecule has 0 aliphatic heterocycles. The van der Waals surface area contributed by atoms with Crippen molar-refractivity contribution >= 4 is 5.78 Å². The molecule has 6 atom stereocenters. The number of hydrogen-bond acceptors (Lipinski definition) is 1. The second-order valence-electron chi connectivity index (χ2n) is 5.52. The lowest BCUT2D eigenvalue weighted by Crippen LogP contribution is -2.39. The molecule has 0 spiro atoms. The Labute approximate surface area is 78.2 Å². The Hall–Kier alpha value is -0.590. The first-order chi connectivity index (χ1) is 6.22. The second-order valence-corrected chi connectivity index (χ2v) is 5.52. The van der Waals surface area contributed by atoms with Crippen molar-refractivity contribution in [2.45, 2.75) is 20.3 Å². The van der Waals surface area contributed by atoms with Gasteiger partial charge in [-0.15, -0.1) is 0 Å². The molecule has 0 aromatic rings. The van der Waals surface area contributed by atoms with Gasteiger partial charge in [-0.3, -0.25) is 4.79 Å². The number of rotatable bonds is 0. The molecule has 0 aromatic carbocycles. The lowest BCUT2D eigenvalue weighted by atomic mass is 9.71. The normalized spacial score (nSPS) is 59.2. The zero-order valence-electron chi connectivity index (χ0n) is 8.08. The summed E-state index contributed by atoms with van der Waals surface area (Å²) >= 11 is 0. The van der Waals surface area contributed by atoms with Gasteiger partial charge in [0, 0.05) is 11.8 Å². The van der Waals surface area contributed by atoms with Crippen LogP contribution in [0.25, 0.3) is 0 Å². The summed E-state index contributed by atoms with van der Waals surface area (Å²) in [6.07, 6.45) is 1.35. The average Bonchev–Trinajstić information content (AvgIpc) is 2.70. The standard InChI is InChI=1S/C12H14O/c1-4(2)7-5-3-6-8(7)11-9(5)10(6)12(11)13/h5-6,8-11H,3H2,1-2H3/t5-,6+,8+,9?,10-,11+/m1/s1. The summed E-state index contributed by atoms with van der Waals surface area (Å²) in [5, 5.41) is 0. The molecule has 0 radical (unpaired) electrons. The number of carbonyl (C=O) groups is 1. The topological polar surface area (TPSA) is 17.1 Å². The second kappa shape index (κ2) is 1.65. The van der Waals surface area contributed by atoms with Crippen LogP contribution in [0.5, 0.6) is 0 Å². The van der Waals surface area contributed by atoms with Crippen LogP contribution in [-0.2, 0) is 4.79 Å². The molecule has 68 valence electrons. The fourth-order valence-electron chi connectivity index (χ4n) is 5.06. The predicted octanol–water partition coefficient (Wildman–Crippen LogP) is 2.03. The average molecular weight is 174 g/mol. The maximum absolute atomic E-state index is 11.7. The van der Waals surface area contributed by atoms with Gasteiger partial charge in [-0.2, -0.15) is 0 Å². The molecular formula is C12H14O. The molecule has 5 aliphatic rings. The maximum Gasteiger partial charge on any atom is 0.140 e. The van der Waals surface area contributed by atoms with Crippen LogP contribution in [0.3, 0.4) is 0 Å². The van der Waals surface area contributed by atoms with Gasteiger partial charge in [0.25, 0.3) is 0 Å². The molecule has 5 saturated carbocycles. The van der Waals surface area contributed by atoms with Gasteiger partial charge in [-0.25, -0.2) is 0 Å². The molecule has 1 nitrogen and oxygen atoms in total. The summed E-state index contributed by atoms with van der Waals surface area (Å²) < 4.78 is 0. The van der Waals surface area contributed by atoms with Crippen molar-refractivity contribution in [2.75, 3.05) is 0 Å². The van der Waals surface area contributed by atoms with E-state index in [2.05, 4.69) is 13.8 Å². The summed E-state index contributed by atoms with van der Waals surface area (Å²) in [7, 11) is 0. The van der Waals surface area contributed by atoms with E-state index in [1.54, 1.807) is 5.57 Å². The van der Waals surface area contributed by atoms with Gasteiger partial charge >= 0.3 is 0 Å².